The molecule has 0 saturated carbocycles. The Morgan fingerprint density at radius 3 is 2.69 bits per heavy atom. The highest BCUT2D eigenvalue weighted by atomic mass is 16.5. The number of benzene rings is 2. The van der Waals surface area contributed by atoms with E-state index in [1.54, 1.807) is 0 Å². The SMILES string of the molecule is CCOCCCNC(=O)N1Cc2ccccc2-n2cccc2[C@@H]1c1ccccc1. The summed E-state index contributed by atoms with van der Waals surface area (Å²) in [6.45, 7) is 4.48. The van der Waals surface area contributed by atoms with E-state index in [0.717, 1.165) is 28.9 Å². The zero-order valence-electron chi connectivity index (χ0n) is 16.8. The van der Waals surface area contributed by atoms with Crippen LogP contribution in [0.2, 0.25) is 0 Å². The number of ether oxygens (including phenoxy) is 1. The summed E-state index contributed by atoms with van der Waals surface area (Å²) in [5.41, 5.74) is 4.45. The van der Waals surface area contributed by atoms with E-state index in [1.165, 1.54) is 0 Å². The second-order valence-electron chi connectivity index (χ2n) is 7.16. The van der Waals surface area contributed by atoms with Crippen molar-refractivity contribution in [3.05, 3.63) is 89.7 Å². The van der Waals surface area contributed by atoms with Gasteiger partial charge in [-0.3, -0.25) is 0 Å². The van der Waals surface area contributed by atoms with Crippen LogP contribution in [-0.4, -0.2) is 35.3 Å². The summed E-state index contributed by atoms with van der Waals surface area (Å²) in [5.74, 6) is 0. The average Bonchev–Trinajstić information content (AvgIpc) is 3.18. The standard InChI is InChI=1S/C24H27N3O2/c1-2-29-17-9-15-25-24(28)27-18-20-12-6-7-13-21(20)26-16-8-14-22(26)23(27)19-10-4-3-5-11-19/h3-8,10-14,16,23H,2,9,15,17-18H2,1H3,(H,25,28)/t23-/m0/s1. The Bertz CT molecular complexity index is 952. The lowest BCUT2D eigenvalue weighted by Gasteiger charge is -2.31. The van der Waals surface area contributed by atoms with E-state index in [-0.39, 0.29) is 12.1 Å². The summed E-state index contributed by atoms with van der Waals surface area (Å²) in [4.78, 5) is 15.2. The molecule has 0 spiro atoms. The van der Waals surface area contributed by atoms with Gasteiger partial charge in [0.15, 0.2) is 0 Å². The minimum absolute atomic E-state index is 0.0557. The van der Waals surface area contributed by atoms with E-state index >= 15 is 0 Å². The van der Waals surface area contributed by atoms with Crippen LogP contribution < -0.4 is 5.32 Å². The number of para-hydroxylation sites is 1. The predicted octanol–water partition coefficient (Wildman–Crippen LogP) is 4.52. The number of hydrogen-bond donors (Lipinski definition) is 1. The molecular weight excluding hydrogens is 362 g/mol. The Morgan fingerprint density at radius 1 is 1.07 bits per heavy atom. The summed E-state index contributed by atoms with van der Waals surface area (Å²) >= 11 is 0. The number of carbonyl (C=O) groups is 1. The Morgan fingerprint density at radius 2 is 1.86 bits per heavy atom. The Kier molecular flexibility index (Phi) is 5.96. The van der Waals surface area contributed by atoms with Crippen molar-refractivity contribution in [2.45, 2.75) is 25.9 Å². The van der Waals surface area contributed by atoms with Crippen molar-refractivity contribution in [1.29, 1.82) is 0 Å². The molecule has 29 heavy (non-hydrogen) atoms. The quantitative estimate of drug-likeness (QED) is 0.630. The molecule has 4 rings (SSSR count). The van der Waals surface area contributed by atoms with Crippen LogP contribution in [0.5, 0.6) is 0 Å². The van der Waals surface area contributed by atoms with Crippen molar-refractivity contribution in [2.24, 2.45) is 0 Å². The van der Waals surface area contributed by atoms with Gasteiger partial charge in [0.05, 0.1) is 18.3 Å². The fourth-order valence-corrected chi connectivity index (χ4v) is 3.94. The largest absolute Gasteiger partial charge is 0.382 e. The summed E-state index contributed by atoms with van der Waals surface area (Å²) in [6.07, 6.45) is 2.88. The molecule has 1 aromatic heterocycles. The van der Waals surface area contributed by atoms with Gasteiger partial charge in [-0.1, -0.05) is 48.5 Å². The summed E-state index contributed by atoms with van der Waals surface area (Å²) in [6, 6.07) is 22.5. The van der Waals surface area contributed by atoms with E-state index < -0.39 is 0 Å². The van der Waals surface area contributed by atoms with E-state index in [0.29, 0.717) is 26.3 Å². The number of hydrogen-bond acceptors (Lipinski definition) is 2. The van der Waals surface area contributed by atoms with Crippen LogP contribution in [0.4, 0.5) is 4.79 Å². The number of amides is 2. The Hall–Kier alpha value is -3.05. The van der Waals surface area contributed by atoms with Crippen LogP contribution >= 0.6 is 0 Å². The maximum Gasteiger partial charge on any atom is 0.318 e. The van der Waals surface area contributed by atoms with Crippen molar-refractivity contribution in [3.8, 4) is 5.69 Å². The van der Waals surface area contributed by atoms with E-state index in [4.69, 9.17) is 4.74 Å². The van der Waals surface area contributed by atoms with E-state index in [1.807, 2.05) is 48.2 Å². The molecule has 0 saturated heterocycles. The van der Waals surface area contributed by atoms with Crippen molar-refractivity contribution in [2.75, 3.05) is 19.8 Å². The summed E-state index contributed by atoms with van der Waals surface area (Å²) in [5, 5.41) is 3.09. The number of nitrogens with one attached hydrogen (secondary N) is 1. The fourth-order valence-electron chi connectivity index (χ4n) is 3.94. The first-order valence-electron chi connectivity index (χ1n) is 10.2. The highest BCUT2D eigenvalue weighted by Gasteiger charge is 2.32. The molecule has 0 unspecified atom stereocenters. The zero-order valence-corrected chi connectivity index (χ0v) is 16.8. The van der Waals surface area contributed by atoms with Gasteiger partial charge in [0, 0.05) is 31.6 Å². The van der Waals surface area contributed by atoms with Gasteiger partial charge in [0.1, 0.15) is 0 Å². The topological polar surface area (TPSA) is 46.5 Å². The minimum atomic E-state index is -0.162. The lowest BCUT2D eigenvalue weighted by atomic mass is 10.0. The van der Waals surface area contributed by atoms with Crippen LogP contribution in [0.15, 0.2) is 72.9 Å². The maximum absolute atomic E-state index is 13.3. The summed E-state index contributed by atoms with van der Waals surface area (Å²) < 4.78 is 7.59. The predicted molar refractivity (Wildman–Crippen MR) is 114 cm³/mol. The fraction of sp³-hybridized carbons (Fsp3) is 0.292. The second-order valence-corrected chi connectivity index (χ2v) is 7.16. The Balaban J connectivity index is 1.69. The maximum atomic E-state index is 13.3. The van der Waals surface area contributed by atoms with Gasteiger partial charge in [-0.15, -0.1) is 0 Å². The number of urea groups is 1. The molecule has 5 heteroatoms. The molecule has 0 aliphatic carbocycles. The van der Waals surface area contributed by atoms with Gasteiger partial charge < -0.3 is 19.5 Å². The highest BCUT2D eigenvalue weighted by molar-refractivity contribution is 5.76. The van der Waals surface area contributed by atoms with Crippen molar-refractivity contribution in [1.82, 2.24) is 14.8 Å². The van der Waals surface area contributed by atoms with Crippen LogP contribution in [0, 0.1) is 0 Å². The van der Waals surface area contributed by atoms with Crippen molar-refractivity contribution >= 4 is 6.03 Å². The number of aromatic nitrogens is 1. The van der Waals surface area contributed by atoms with Gasteiger partial charge >= 0.3 is 6.03 Å². The van der Waals surface area contributed by atoms with Crippen molar-refractivity contribution in [3.63, 3.8) is 0 Å². The molecule has 0 radical (unpaired) electrons. The molecule has 1 atom stereocenters. The third-order valence-electron chi connectivity index (χ3n) is 5.29. The first kappa shape index (κ1) is 19.3. The number of fused-ring (bicyclic) bond motifs is 3. The van der Waals surface area contributed by atoms with Gasteiger partial charge in [0.2, 0.25) is 0 Å². The molecule has 1 N–H and O–H groups in total. The molecule has 1 aliphatic rings. The van der Waals surface area contributed by atoms with Crippen molar-refractivity contribution < 1.29 is 9.53 Å². The van der Waals surface area contributed by atoms with Crippen LogP contribution in [0.3, 0.4) is 0 Å². The second kappa shape index (κ2) is 8.97. The van der Waals surface area contributed by atoms with Gasteiger partial charge in [0.25, 0.3) is 0 Å². The third kappa shape index (κ3) is 4.05. The lowest BCUT2D eigenvalue weighted by molar-refractivity contribution is 0.143. The number of carbonyl (C=O) groups excluding carboxylic acids is 1. The van der Waals surface area contributed by atoms with Crippen LogP contribution in [0.1, 0.15) is 36.2 Å². The Labute approximate surface area is 171 Å². The lowest BCUT2D eigenvalue weighted by Crippen LogP contribution is -2.42. The molecule has 2 amide bonds. The van der Waals surface area contributed by atoms with E-state index in [9.17, 15) is 4.79 Å². The molecule has 150 valence electrons. The highest BCUT2D eigenvalue weighted by Crippen LogP contribution is 2.36. The molecular formula is C24H27N3O2. The molecule has 3 aromatic rings. The zero-order chi connectivity index (χ0) is 20.1. The normalized spacial score (nSPS) is 15.3. The molecule has 2 aromatic carbocycles. The molecule has 1 aliphatic heterocycles. The third-order valence-corrected chi connectivity index (χ3v) is 5.29. The molecule has 0 fully saturated rings. The van der Waals surface area contributed by atoms with Gasteiger partial charge in [-0.25, -0.2) is 4.79 Å². The molecule has 5 nitrogen and oxygen atoms in total. The van der Waals surface area contributed by atoms with Crippen LogP contribution in [0.25, 0.3) is 5.69 Å². The monoisotopic (exact) mass is 389 g/mol. The first-order chi connectivity index (χ1) is 14.3. The number of rotatable bonds is 6. The average molecular weight is 389 g/mol. The smallest absolute Gasteiger partial charge is 0.318 e. The van der Waals surface area contributed by atoms with E-state index in [2.05, 4.69) is 46.4 Å². The van der Waals surface area contributed by atoms with Gasteiger partial charge in [-0.2, -0.15) is 0 Å². The first-order valence-corrected chi connectivity index (χ1v) is 10.2. The number of nitrogens with zero attached hydrogens (tertiary/aromatic N) is 2. The van der Waals surface area contributed by atoms with Crippen LogP contribution in [-0.2, 0) is 11.3 Å². The van der Waals surface area contributed by atoms with Gasteiger partial charge in [-0.05, 0) is 42.7 Å². The summed E-state index contributed by atoms with van der Waals surface area (Å²) in [7, 11) is 0. The molecule has 0 bridgehead atoms. The minimum Gasteiger partial charge on any atom is -0.382 e. The molecule has 2 heterocycles.